The number of unbranched alkanes of at least 4 members (excludes halogenated alkanes) is 2. The standard InChI is InChI=1S/C27H29NO6S/c29-25(30)10-2-1-5-17-34-23-8-4-3-7-22(23)27(32,33)28(21-15-16-21)26(31)20-13-11-19(12-14-20)24-9-6-18-35-24/h3-4,6-9,11-14,18,21,32-33H,1-2,5,10,15-17H2,(H,29,30). The second-order valence-corrected chi connectivity index (χ2v) is 9.59. The summed E-state index contributed by atoms with van der Waals surface area (Å²) in [5.74, 6) is -3.56. The Kier molecular flexibility index (Phi) is 7.85. The number of carboxylic acid groups (broad SMARTS) is 1. The van der Waals surface area contributed by atoms with E-state index in [0.29, 0.717) is 44.3 Å². The van der Waals surface area contributed by atoms with Crippen LogP contribution in [-0.4, -0.2) is 44.7 Å². The van der Waals surface area contributed by atoms with Crippen molar-refractivity contribution in [3.8, 4) is 16.2 Å². The van der Waals surface area contributed by atoms with Crippen molar-refractivity contribution in [2.45, 2.75) is 50.5 Å². The van der Waals surface area contributed by atoms with Crippen LogP contribution >= 0.6 is 11.3 Å². The number of thiophene rings is 1. The quantitative estimate of drug-likeness (QED) is 0.245. The molecular weight excluding hydrogens is 466 g/mol. The lowest BCUT2D eigenvalue weighted by Gasteiger charge is -2.36. The molecule has 1 amide bonds. The molecule has 1 fully saturated rings. The zero-order chi connectivity index (χ0) is 24.8. The van der Waals surface area contributed by atoms with E-state index in [1.807, 2.05) is 29.6 Å². The number of aliphatic hydroxyl groups is 2. The van der Waals surface area contributed by atoms with Crippen molar-refractivity contribution < 1.29 is 29.6 Å². The van der Waals surface area contributed by atoms with Gasteiger partial charge in [0, 0.05) is 22.9 Å². The van der Waals surface area contributed by atoms with Gasteiger partial charge >= 0.3 is 5.97 Å². The van der Waals surface area contributed by atoms with E-state index in [1.165, 1.54) is 0 Å². The zero-order valence-electron chi connectivity index (χ0n) is 19.3. The second-order valence-electron chi connectivity index (χ2n) is 8.65. The molecule has 0 aliphatic heterocycles. The Bertz CT molecular complexity index is 1140. The number of benzene rings is 2. The third-order valence-electron chi connectivity index (χ3n) is 5.95. The minimum absolute atomic E-state index is 0.0981. The van der Waals surface area contributed by atoms with Crippen molar-refractivity contribution in [3.63, 3.8) is 0 Å². The molecule has 0 spiro atoms. The minimum atomic E-state index is -2.55. The van der Waals surface area contributed by atoms with Gasteiger partial charge in [-0.1, -0.05) is 30.3 Å². The first-order chi connectivity index (χ1) is 16.9. The molecule has 7 nitrogen and oxygen atoms in total. The molecule has 0 atom stereocenters. The Balaban J connectivity index is 1.50. The van der Waals surface area contributed by atoms with Crippen molar-refractivity contribution in [2.75, 3.05) is 6.61 Å². The van der Waals surface area contributed by atoms with E-state index in [0.717, 1.165) is 15.3 Å². The molecule has 0 radical (unpaired) electrons. The SMILES string of the molecule is O=C(O)CCCCCOc1ccccc1C(O)(O)N(C(=O)c1ccc(-c2cccs2)cc1)C1CC1. The molecule has 0 unspecified atom stereocenters. The van der Waals surface area contributed by atoms with Gasteiger partial charge in [-0.25, -0.2) is 0 Å². The van der Waals surface area contributed by atoms with Crippen molar-refractivity contribution in [1.29, 1.82) is 0 Å². The van der Waals surface area contributed by atoms with Gasteiger partial charge in [-0.3, -0.25) is 14.5 Å². The van der Waals surface area contributed by atoms with Gasteiger partial charge in [0.1, 0.15) is 5.75 Å². The number of hydrogen-bond acceptors (Lipinski definition) is 6. The Morgan fingerprint density at radius 2 is 1.71 bits per heavy atom. The van der Waals surface area contributed by atoms with Crippen LogP contribution in [0.2, 0.25) is 0 Å². The van der Waals surface area contributed by atoms with Gasteiger partial charge in [-0.2, -0.15) is 0 Å². The number of ether oxygens (including phenoxy) is 1. The molecule has 3 N–H and O–H groups in total. The summed E-state index contributed by atoms with van der Waals surface area (Å²) in [6, 6.07) is 17.4. The number of hydrogen-bond donors (Lipinski definition) is 3. The summed E-state index contributed by atoms with van der Waals surface area (Å²) in [6.45, 7) is 0.300. The number of nitrogens with zero attached hydrogens (tertiary/aromatic N) is 1. The van der Waals surface area contributed by atoms with E-state index in [4.69, 9.17) is 9.84 Å². The average Bonchev–Trinajstić information content (AvgIpc) is 3.51. The Morgan fingerprint density at radius 3 is 2.37 bits per heavy atom. The van der Waals surface area contributed by atoms with Gasteiger partial charge in [-0.15, -0.1) is 11.3 Å². The lowest BCUT2D eigenvalue weighted by Crippen LogP contribution is -2.51. The highest BCUT2D eigenvalue weighted by Crippen LogP contribution is 2.40. The number of carboxylic acids is 1. The highest BCUT2D eigenvalue weighted by atomic mass is 32.1. The van der Waals surface area contributed by atoms with Crippen LogP contribution in [0, 0.1) is 0 Å². The third-order valence-corrected chi connectivity index (χ3v) is 6.86. The predicted octanol–water partition coefficient (Wildman–Crippen LogP) is 4.84. The van der Waals surface area contributed by atoms with Crippen LogP contribution in [0.15, 0.2) is 66.0 Å². The van der Waals surface area contributed by atoms with E-state index in [1.54, 1.807) is 47.7 Å². The molecular formula is C27H29NO6S. The highest BCUT2D eigenvalue weighted by Gasteiger charge is 2.48. The monoisotopic (exact) mass is 495 g/mol. The van der Waals surface area contributed by atoms with E-state index in [9.17, 15) is 19.8 Å². The van der Waals surface area contributed by atoms with Crippen LogP contribution in [-0.2, 0) is 10.7 Å². The van der Waals surface area contributed by atoms with Crippen LogP contribution in [0.3, 0.4) is 0 Å². The molecule has 1 aromatic heterocycles. The number of amides is 1. The van der Waals surface area contributed by atoms with Crippen molar-refractivity contribution in [2.24, 2.45) is 0 Å². The second kappa shape index (κ2) is 11.0. The molecule has 0 bridgehead atoms. The van der Waals surface area contributed by atoms with Gasteiger partial charge in [0.15, 0.2) is 0 Å². The van der Waals surface area contributed by atoms with Crippen LogP contribution in [0.5, 0.6) is 5.75 Å². The van der Waals surface area contributed by atoms with Gasteiger partial charge < -0.3 is 20.1 Å². The molecule has 2 aromatic carbocycles. The smallest absolute Gasteiger partial charge is 0.303 e. The van der Waals surface area contributed by atoms with Gasteiger partial charge in [0.2, 0.25) is 0 Å². The van der Waals surface area contributed by atoms with E-state index >= 15 is 0 Å². The topological polar surface area (TPSA) is 107 Å². The summed E-state index contributed by atoms with van der Waals surface area (Å²) in [7, 11) is 0. The molecule has 0 saturated heterocycles. The van der Waals surface area contributed by atoms with E-state index in [2.05, 4.69) is 0 Å². The molecule has 184 valence electrons. The lowest BCUT2D eigenvalue weighted by molar-refractivity contribution is -0.259. The van der Waals surface area contributed by atoms with Crippen LogP contribution in [0.1, 0.15) is 54.4 Å². The fourth-order valence-corrected chi connectivity index (χ4v) is 4.72. The molecule has 1 aliphatic carbocycles. The Hall–Kier alpha value is -3.20. The minimum Gasteiger partial charge on any atom is -0.493 e. The predicted molar refractivity (Wildman–Crippen MR) is 133 cm³/mol. The number of rotatable bonds is 12. The van der Waals surface area contributed by atoms with Crippen LogP contribution in [0.4, 0.5) is 0 Å². The summed E-state index contributed by atoms with van der Waals surface area (Å²) in [6.07, 6.45) is 3.36. The number of para-hydroxylation sites is 1. The Labute approximate surface area is 208 Å². The molecule has 3 aromatic rings. The van der Waals surface area contributed by atoms with Crippen LogP contribution in [0.25, 0.3) is 10.4 Å². The molecule has 8 heteroatoms. The number of carbonyl (C=O) groups is 2. The summed E-state index contributed by atoms with van der Waals surface area (Å²) >= 11 is 1.61. The van der Waals surface area contributed by atoms with E-state index in [-0.39, 0.29) is 23.8 Å². The van der Waals surface area contributed by atoms with Crippen molar-refractivity contribution in [3.05, 3.63) is 77.2 Å². The first-order valence-electron chi connectivity index (χ1n) is 11.7. The number of carbonyl (C=O) groups excluding carboxylic acids is 1. The molecule has 1 aliphatic rings. The fraction of sp³-hybridized carbons (Fsp3) is 0.333. The normalized spacial score (nSPS) is 13.4. The summed E-state index contributed by atoms with van der Waals surface area (Å²) in [5.41, 5.74) is 1.47. The van der Waals surface area contributed by atoms with Gasteiger partial charge in [0.05, 0.1) is 12.2 Å². The maximum atomic E-state index is 13.5. The molecule has 35 heavy (non-hydrogen) atoms. The zero-order valence-corrected chi connectivity index (χ0v) is 20.1. The Morgan fingerprint density at radius 1 is 0.971 bits per heavy atom. The summed E-state index contributed by atoms with van der Waals surface area (Å²) in [4.78, 5) is 26.3. The third kappa shape index (κ3) is 6.08. The van der Waals surface area contributed by atoms with Gasteiger partial charge in [-0.05, 0) is 73.4 Å². The van der Waals surface area contributed by atoms with Crippen LogP contribution < -0.4 is 4.74 Å². The van der Waals surface area contributed by atoms with Crippen molar-refractivity contribution in [1.82, 2.24) is 4.90 Å². The van der Waals surface area contributed by atoms with Gasteiger partial charge in [0.25, 0.3) is 11.8 Å². The fourth-order valence-electron chi connectivity index (χ4n) is 3.99. The first kappa shape index (κ1) is 24.9. The maximum absolute atomic E-state index is 13.5. The lowest BCUT2D eigenvalue weighted by atomic mass is 10.1. The largest absolute Gasteiger partial charge is 0.493 e. The summed E-state index contributed by atoms with van der Waals surface area (Å²) in [5, 5.41) is 33.3. The maximum Gasteiger partial charge on any atom is 0.303 e. The molecule has 1 saturated carbocycles. The average molecular weight is 496 g/mol. The molecule has 4 rings (SSSR count). The first-order valence-corrected chi connectivity index (χ1v) is 12.6. The van der Waals surface area contributed by atoms with E-state index < -0.39 is 17.8 Å². The number of aliphatic carboxylic acids is 1. The molecule has 1 heterocycles. The summed E-state index contributed by atoms with van der Waals surface area (Å²) < 4.78 is 5.82. The van der Waals surface area contributed by atoms with Crippen molar-refractivity contribution >= 4 is 23.2 Å². The highest BCUT2D eigenvalue weighted by molar-refractivity contribution is 7.13.